The third kappa shape index (κ3) is 4.91. The molecular formula is C30H37N5O3S. The van der Waals surface area contributed by atoms with Crippen LogP contribution in [0.2, 0.25) is 0 Å². The first-order valence-corrected chi connectivity index (χ1v) is 16.1. The van der Waals surface area contributed by atoms with Crippen molar-refractivity contribution in [1.29, 1.82) is 0 Å². The van der Waals surface area contributed by atoms with Crippen molar-refractivity contribution in [3.8, 4) is 11.1 Å². The molecular weight excluding hydrogens is 510 g/mol. The first-order valence-electron chi connectivity index (χ1n) is 14.2. The molecule has 2 aromatic heterocycles. The van der Waals surface area contributed by atoms with Gasteiger partial charge < -0.3 is 9.80 Å². The van der Waals surface area contributed by atoms with Crippen molar-refractivity contribution in [2.45, 2.75) is 63.2 Å². The lowest BCUT2D eigenvalue weighted by Crippen LogP contribution is -2.43. The molecule has 1 saturated carbocycles. The summed E-state index contributed by atoms with van der Waals surface area (Å²) in [5.41, 5.74) is 5.46. The number of anilines is 2. The molecule has 3 aromatic rings. The molecule has 3 aliphatic rings. The minimum Gasteiger partial charge on any atom is -0.313 e. The van der Waals surface area contributed by atoms with E-state index in [0.717, 1.165) is 84.0 Å². The number of nitrogens with one attached hydrogen (secondary N) is 1. The van der Waals surface area contributed by atoms with Crippen molar-refractivity contribution in [3.05, 3.63) is 47.9 Å². The van der Waals surface area contributed by atoms with Gasteiger partial charge in [-0.2, -0.15) is 0 Å². The van der Waals surface area contributed by atoms with Gasteiger partial charge in [-0.25, -0.2) is 8.42 Å². The van der Waals surface area contributed by atoms with Crippen LogP contribution in [0.1, 0.15) is 62.6 Å². The zero-order valence-electron chi connectivity index (χ0n) is 22.9. The van der Waals surface area contributed by atoms with E-state index < -0.39 is 15.4 Å². The highest BCUT2D eigenvalue weighted by Gasteiger charge is 2.54. The number of carbonyl (C=O) groups excluding carboxylic acids is 1. The summed E-state index contributed by atoms with van der Waals surface area (Å²) >= 11 is 0. The van der Waals surface area contributed by atoms with Gasteiger partial charge in [-0.1, -0.05) is 18.9 Å². The van der Waals surface area contributed by atoms with Crippen molar-refractivity contribution >= 4 is 38.2 Å². The average molecular weight is 548 g/mol. The predicted octanol–water partition coefficient (Wildman–Crippen LogP) is 4.88. The molecule has 1 spiro atoms. The van der Waals surface area contributed by atoms with E-state index in [1.54, 1.807) is 4.90 Å². The summed E-state index contributed by atoms with van der Waals surface area (Å²) in [6, 6.07) is 7.96. The Kier molecular flexibility index (Phi) is 6.83. The summed E-state index contributed by atoms with van der Waals surface area (Å²) in [6.07, 6.45) is 14.3. The number of pyridine rings is 2. The van der Waals surface area contributed by atoms with Gasteiger partial charge in [-0.15, -0.1) is 0 Å². The molecule has 1 N–H and O–H groups in total. The lowest BCUT2D eigenvalue weighted by Gasteiger charge is -2.37. The fourth-order valence-corrected chi connectivity index (χ4v) is 7.18. The Morgan fingerprint density at radius 1 is 0.974 bits per heavy atom. The third-order valence-corrected chi connectivity index (χ3v) is 9.39. The van der Waals surface area contributed by atoms with Gasteiger partial charge in [0.25, 0.3) is 0 Å². The number of benzene rings is 1. The number of unbranched alkanes of at least 4 members (excludes halogenated alkanes) is 1. The average Bonchev–Trinajstić information content (AvgIpc) is 3.14. The van der Waals surface area contributed by atoms with E-state index in [0.29, 0.717) is 5.69 Å². The van der Waals surface area contributed by atoms with E-state index in [1.165, 1.54) is 38.6 Å². The summed E-state index contributed by atoms with van der Waals surface area (Å²) in [4.78, 5) is 26.9. The van der Waals surface area contributed by atoms with Crippen LogP contribution < -0.4 is 9.62 Å². The lowest BCUT2D eigenvalue weighted by molar-refractivity contribution is -0.125. The number of piperidine rings is 1. The van der Waals surface area contributed by atoms with Gasteiger partial charge in [0, 0.05) is 29.8 Å². The molecule has 1 aliphatic carbocycles. The Morgan fingerprint density at radius 2 is 1.77 bits per heavy atom. The smallest absolute Gasteiger partial charge is 0.237 e. The van der Waals surface area contributed by atoms with Gasteiger partial charge in [0.1, 0.15) is 0 Å². The number of hydrogen-bond acceptors (Lipinski definition) is 6. The third-order valence-electron chi connectivity index (χ3n) is 8.79. The zero-order valence-corrected chi connectivity index (χ0v) is 23.7. The van der Waals surface area contributed by atoms with Gasteiger partial charge in [0.2, 0.25) is 15.9 Å². The maximum Gasteiger partial charge on any atom is 0.237 e. The van der Waals surface area contributed by atoms with Crippen LogP contribution in [-0.2, 0) is 26.7 Å². The lowest BCUT2D eigenvalue weighted by atomic mass is 9.64. The van der Waals surface area contributed by atoms with E-state index in [2.05, 4.69) is 20.7 Å². The number of rotatable bonds is 8. The van der Waals surface area contributed by atoms with Crippen LogP contribution in [-0.4, -0.2) is 62.1 Å². The fraction of sp³-hybridized carbons (Fsp3) is 0.500. The second kappa shape index (κ2) is 10.2. The summed E-state index contributed by atoms with van der Waals surface area (Å²) in [7, 11) is -1.63. The maximum atomic E-state index is 13.2. The number of amides is 1. The molecule has 0 radical (unpaired) electrons. The molecule has 2 aliphatic heterocycles. The summed E-state index contributed by atoms with van der Waals surface area (Å²) in [6.45, 7) is 3.45. The van der Waals surface area contributed by atoms with Crippen LogP contribution in [0.15, 0.2) is 36.7 Å². The molecule has 1 aromatic carbocycles. The first-order chi connectivity index (χ1) is 18.7. The molecule has 4 heterocycles. The van der Waals surface area contributed by atoms with Gasteiger partial charge in [0.15, 0.2) is 0 Å². The Bertz CT molecular complexity index is 1530. The number of fused-ring (bicyclic) bond motifs is 4. The normalized spacial score (nSPS) is 18.9. The summed E-state index contributed by atoms with van der Waals surface area (Å²) in [5, 5.41) is 0.988. The van der Waals surface area contributed by atoms with Crippen molar-refractivity contribution in [2.75, 3.05) is 42.6 Å². The minimum atomic E-state index is -3.46. The van der Waals surface area contributed by atoms with Crippen molar-refractivity contribution in [3.63, 3.8) is 0 Å². The number of likely N-dealkylation sites (N-methyl/N-ethyl adjacent to an activating group) is 1. The molecule has 8 nitrogen and oxygen atoms in total. The topological polar surface area (TPSA) is 95.5 Å². The Balaban J connectivity index is 1.30. The van der Waals surface area contributed by atoms with E-state index in [9.17, 15) is 13.2 Å². The molecule has 0 unspecified atom stereocenters. The zero-order chi connectivity index (χ0) is 27.2. The highest BCUT2D eigenvalue weighted by molar-refractivity contribution is 7.92. The Hall–Kier alpha value is -3.04. The molecule has 1 saturated heterocycles. The highest BCUT2D eigenvalue weighted by Crippen LogP contribution is 2.55. The van der Waals surface area contributed by atoms with Gasteiger partial charge in [0.05, 0.1) is 40.5 Å². The quantitative estimate of drug-likeness (QED) is 0.404. The second-order valence-corrected chi connectivity index (χ2v) is 13.3. The van der Waals surface area contributed by atoms with Crippen LogP contribution in [0.4, 0.5) is 11.4 Å². The van der Waals surface area contributed by atoms with Gasteiger partial charge >= 0.3 is 0 Å². The number of aromatic nitrogens is 2. The molecule has 39 heavy (non-hydrogen) atoms. The van der Waals surface area contributed by atoms with E-state index >= 15 is 0 Å². The highest BCUT2D eigenvalue weighted by atomic mass is 32.2. The first kappa shape index (κ1) is 26.2. The molecule has 9 heteroatoms. The van der Waals surface area contributed by atoms with Gasteiger partial charge in [-0.3, -0.25) is 19.5 Å². The van der Waals surface area contributed by atoms with E-state index in [-0.39, 0.29) is 5.91 Å². The van der Waals surface area contributed by atoms with E-state index in [1.807, 2.05) is 37.6 Å². The summed E-state index contributed by atoms with van der Waals surface area (Å²) in [5.74, 6) is 0.161. The van der Waals surface area contributed by atoms with Crippen LogP contribution in [0.25, 0.3) is 22.0 Å². The predicted molar refractivity (Wildman–Crippen MR) is 156 cm³/mol. The Labute approximate surface area is 230 Å². The van der Waals surface area contributed by atoms with Crippen molar-refractivity contribution in [1.82, 2.24) is 14.9 Å². The minimum absolute atomic E-state index is 0.161. The number of nitrogens with zero attached hydrogens (tertiary/aromatic N) is 4. The van der Waals surface area contributed by atoms with Crippen LogP contribution in [0, 0.1) is 0 Å². The number of carbonyl (C=O) groups is 1. The maximum absolute atomic E-state index is 13.2. The van der Waals surface area contributed by atoms with Crippen molar-refractivity contribution in [2.24, 2.45) is 0 Å². The molecule has 2 fully saturated rings. The number of sulfonamides is 1. The second-order valence-electron chi connectivity index (χ2n) is 11.5. The van der Waals surface area contributed by atoms with E-state index in [4.69, 9.17) is 4.98 Å². The largest absolute Gasteiger partial charge is 0.313 e. The van der Waals surface area contributed by atoms with Gasteiger partial charge in [-0.05, 0) is 88.3 Å². The molecule has 6 rings (SSSR count). The summed E-state index contributed by atoms with van der Waals surface area (Å²) < 4.78 is 27.2. The fourth-order valence-electron chi connectivity index (χ4n) is 6.60. The molecule has 206 valence electrons. The molecule has 0 atom stereocenters. The number of likely N-dealkylation sites (tertiary alicyclic amines) is 1. The SMILES string of the molecule is CN1C(=O)C2(CCC2)c2c1cnc1ccc(-c3cnc(CCCCN4CCCCC4)c(NS(C)(=O)=O)c3)cc21. The number of aryl methyl sites for hydroxylation is 1. The number of hydrogen-bond donors (Lipinski definition) is 1. The van der Waals surface area contributed by atoms with Crippen LogP contribution >= 0.6 is 0 Å². The molecule has 1 amide bonds. The molecule has 0 bridgehead atoms. The Morgan fingerprint density at radius 3 is 2.49 bits per heavy atom. The van der Waals surface area contributed by atoms with Crippen molar-refractivity contribution < 1.29 is 13.2 Å². The van der Waals surface area contributed by atoms with Crippen LogP contribution in [0.3, 0.4) is 0 Å². The standard InChI is InChI=1S/C30H37N5O3S/c1-34-27-20-32-24-11-10-21(17-23(24)28(27)30(29(34)36)12-8-13-30)22-18-26(33-39(2,37)38)25(31-19-22)9-4-7-16-35-14-5-3-6-15-35/h10-11,17-20,33H,3-9,12-16H2,1-2H3. The van der Waals surface area contributed by atoms with Crippen LogP contribution in [0.5, 0.6) is 0 Å². The monoisotopic (exact) mass is 547 g/mol.